The summed E-state index contributed by atoms with van der Waals surface area (Å²) in [6.45, 7) is -1.64. The molecule has 4 rings (SSSR count). The summed E-state index contributed by atoms with van der Waals surface area (Å²) in [7, 11) is -8.54. The third-order valence-corrected chi connectivity index (χ3v) is 7.24. The van der Waals surface area contributed by atoms with Gasteiger partial charge in [-0.15, -0.1) is 0 Å². The van der Waals surface area contributed by atoms with Crippen molar-refractivity contribution in [2.75, 3.05) is 24.7 Å². The van der Waals surface area contributed by atoms with Crippen LogP contribution in [-0.2, 0) is 36.7 Å². The van der Waals surface area contributed by atoms with Gasteiger partial charge >= 0.3 is 27.1 Å². The number of phosphoric acid groups is 1. The number of aliphatic hydroxyl groups is 3. The van der Waals surface area contributed by atoms with Gasteiger partial charge in [-0.2, -0.15) is 9.97 Å². The molecule has 1 unspecified atom stereocenters. The van der Waals surface area contributed by atoms with E-state index in [2.05, 4.69) is 14.5 Å². The minimum Gasteiger partial charge on any atom is -0.387 e. The number of nitrogens with two attached hydrogens (primary N) is 2. The van der Waals surface area contributed by atoms with Gasteiger partial charge < -0.3 is 41.2 Å². The van der Waals surface area contributed by atoms with Crippen molar-refractivity contribution in [3.63, 3.8) is 0 Å². The summed E-state index contributed by atoms with van der Waals surface area (Å²) in [5, 5.41) is 31.4. The first kappa shape index (κ1) is 30.1. The molecule has 9 atom stereocenters. The average Bonchev–Trinajstić information content (AvgIpc) is 3.32. The van der Waals surface area contributed by atoms with Gasteiger partial charge in [0.15, 0.2) is 12.5 Å². The number of nitrogen functional groups attached to an aromatic ring is 2. The van der Waals surface area contributed by atoms with Crippen molar-refractivity contribution in [2.24, 2.45) is 0 Å². The third kappa shape index (κ3) is 6.54. The lowest BCUT2D eigenvalue weighted by molar-refractivity contribution is -0.0602. The third-order valence-electron chi connectivity index (χ3n) is 5.90. The van der Waals surface area contributed by atoms with Gasteiger partial charge in [0.25, 0.3) is 0 Å². The molecule has 20 nitrogen and oxygen atoms in total. The first-order valence-corrected chi connectivity index (χ1v) is 13.8. The predicted molar refractivity (Wildman–Crippen MR) is 127 cm³/mol. The van der Waals surface area contributed by atoms with Crippen LogP contribution in [0.3, 0.4) is 0 Å². The molecule has 8 N–H and O–H groups in total. The first-order chi connectivity index (χ1) is 18.8. The molecule has 0 radical (unpaired) electrons. The summed E-state index contributed by atoms with van der Waals surface area (Å²) >= 11 is 0. The highest BCUT2D eigenvalue weighted by Gasteiger charge is 2.50. The van der Waals surface area contributed by atoms with Crippen molar-refractivity contribution in [2.45, 2.75) is 49.1 Å². The van der Waals surface area contributed by atoms with E-state index in [0.29, 0.717) is 0 Å². The quantitative estimate of drug-likeness (QED) is 0.147. The molecular weight excluding hydrogens is 586 g/mol. The average molecular weight is 610 g/mol. The maximum absolute atomic E-state index is 12.7. The van der Waals surface area contributed by atoms with Gasteiger partial charge in [-0.1, -0.05) is 0 Å². The molecule has 2 saturated heterocycles. The number of anilines is 2. The largest absolute Gasteiger partial charge is 0.472 e. The van der Waals surface area contributed by atoms with Crippen molar-refractivity contribution in [1.29, 1.82) is 0 Å². The fraction of sp³-hybridized carbons (Fsp3) is 0.556. The second-order valence-corrected chi connectivity index (χ2v) is 10.7. The minimum atomic E-state index is -5.15. The van der Waals surface area contributed by atoms with E-state index in [-0.39, 0.29) is 11.6 Å². The van der Waals surface area contributed by atoms with Crippen LogP contribution in [0.25, 0.3) is 0 Å². The molecule has 22 heteroatoms. The molecule has 0 saturated carbocycles. The second-order valence-electron chi connectivity index (χ2n) is 8.54. The lowest BCUT2D eigenvalue weighted by Gasteiger charge is -2.23. The monoisotopic (exact) mass is 610 g/mol. The lowest BCUT2D eigenvalue weighted by Crippen LogP contribution is -2.38. The summed E-state index contributed by atoms with van der Waals surface area (Å²) in [6.07, 6.45) is -10.7. The number of ether oxygens (including phenoxy) is 2. The minimum absolute atomic E-state index is 0.101. The Morgan fingerprint density at radius 2 is 1.43 bits per heavy atom. The van der Waals surface area contributed by atoms with Crippen LogP contribution in [0, 0.1) is 0 Å². The van der Waals surface area contributed by atoms with E-state index in [0.717, 1.165) is 21.5 Å². The van der Waals surface area contributed by atoms with E-state index >= 15 is 0 Å². The van der Waals surface area contributed by atoms with Gasteiger partial charge in [-0.05, 0) is 12.1 Å². The Kier molecular flexibility index (Phi) is 8.98. The molecule has 4 heterocycles. The predicted octanol–water partition coefficient (Wildman–Crippen LogP) is -2.85. The van der Waals surface area contributed by atoms with Crippen LogP contribution in [0.5, 0.6) is 0 Å². The Bertz CT molecular complexity index is 1460. The topological polar surface area (TPSA) is 300 Å². The summed E-state index contributed by atoms with van der Waals surface area (Å²) in [6, 6.07) is 2.44. The summed E-state index contributed by atoms with van der Waals surface area (Å²) < 4.78 is 61.4. The van der Waals surface area contributed by atoms with Crippen LogP contribution < -0.4 is 22.8 Å². The molecule has 0 bridgehead atoms. The molecule has 2 aliphatic rings. The Morgan fingerprint density at radius 3 is 1.95 bits per heavy atom. The van der Waals surface area contributed by atoms with Crippen molar-refractivity contribution < 1.29 is 57.0 Å². The number of hydrogen-bond donors (Lipinski definition) is 6. The highest BCUT2D eigenvalue weighted by Crippen LogP contribution is 2.49. The normalized spacial score (nSPS) is 31.7. The van der Waals surface area contributed by atoms with Gasteiger partial charge in [0.05, 0.1) is 13.2 Å². The number of nitrogens with zero attached hydrogens (tertiary/aromatic N) is 4. The van der Waals surface area contributed by atoms with E-state index in [1.54, 1.807) is 0 Å². The van der Waals surface area contributed by atoms with E-state index < -0.39 is 89.4 Å². The Morgan fingerprint density at radius 1 is 0.900 bits per heavy atom. The van der Waals surface area contributed by atoms with Crippen LogP contribution in [0.2, 0.25) is 0 Å². The Labute approximate surface area is 223 Å². The highest BCUT2D eigenvalue weighted by molar-refractivity contribution is 7.47. The van der Waals surface area contributed by atoms with Crippen LogP contribution >= 0.6 is 15.7 Å². The number of phosphoric ester groups is 1. The standard InChI is InChI=1S/C18H24N6O14P2/c19-9-1-3-23(17(28)21-9)15-12(26)11(25)7(36-15)6-35-40(32,33)38-14-8(5-34-39(30)31)37-16(13(14)27)24-4-2-10(20)22-18(24)29/h1-4,7-8,11-16,25-27H,5-6H2,(H,32,33)(H2,19,21,28)(H2,20,22,29)/t7-,8-,11-,12-,13-,14-,15-,16-/m1/s1. The zero-order valence-electron chi connectivity index (χ0n) is 20.1. The zero-order chi connectivity index (χ0) is 29.4. The lowest BCUT2D eigenvalue weighted by atomic mass is 10.1. The smallest absolute Gasteiger partial charge is 0.387 e. The van der Waals surface area contributed by atoms with Gasteiger partial charge in [0.1, 0.15) is 48.3 Å². The van der Waals surface area contributed by atoms with E-state index in [1.165, 1.54) is 12.1 Å². The summed E-state index contributed by atoms with van der Waals surface area (Å²) in [5.41, 5.74) is 9.01. The molecule has 40 heavy (non-hydrogen) atoms. The summed E-state index contributed by atoms with van der Waals surface area (Å²) in [5.74, 6) is -0.240. The Hall–Kier alpha value is -2.87. The maximum Gasteiger partial charge on any atom is 0.472 e. The van der Waals surface area contributed by atoms with Crippen molar-refractivity contribution in [3.8, 4) is 0 Å². The van der Waals surface area contributed by atoms with E-state index in [9.17, 15) is 43.5 Å². The molecule has 0 aliphatic carbocycles. The van der Waals surface area contributed by atoms with Crippen LogP contribution in [0.1, 0.15) is 12.5 Å². The number of rotatable bonds is 10. The molecule has 2 aromatic heterocycles. The van der Waals surface area contributed by atoms with Crippen LogP contribution in [0.4, 0.5) is 11.6 Å². The van der Waals surface area contributed by atoms with E-state index in [1.807, 2.05) is 0 Å². The number of aliphatic hydroxyl groups excluding tert-OH is 3. The van der Waals surface area contributed by atoms with Gasteiger partial charge in [-0.25, -0.2) is 23.3 Å². The fourth-order valence-electron chi connectivity index (χ4n) is 4.04. The molecule has 2 aromatic rings. The second kappa shape index (κ2) is 11.9. The zero-order valence-corrected chi connectivity index (χ0v) is 21.8. The van der Waals surface area contributed by atoms with Crippen molar-refractivity contribution in [1.82, 2.24) is 19.1 Å². The molecule has 0 aromatic carbocycles. The van der Waals surface area contributed by atoms with Gasteiger partial charge in [-0.3, -0.25) is 22.7 Å². The first-order valence-electron chi connectivity index (χ1n) is 11.2. The molecule has 2 aliphatic heterocycles. The van der Waals surface area contributed by atoms with Crippen LogP contribution in [-0.4, -0.2) is 89.2 Å². The SMILES string of the molecule is Nc1ccn([C@@H]2O[C@H](COP(=O)(O)O[C@H]3[C@@H](O)[C@H](n4ccc(N)nc4=O)O[C@@H]3COP(=O)=O)[C@@H](O)[C@H]2O)c(=O)n1. The van der Waals surface area contributed by atoms with Crippen LogP contribution in [0.15, 0.2) is 34.1 Å². The molecular formula is C18H24N6O14P2. The molecule has 2 fully saturated rings. The van der Waals surface area contributed by atoms with Crippen molar-refractivity contribution in [3.05, 3.63) is 45.5 Å². The molecule has 0 amide bonds. The fourth-order valence-corrected chi connectivity index (χ4v) is 5.27. The highest BCUT2D eigenvalue weighted by atomic mass is 31.2. The number of aromatic nitrogens is 4. The molecule has 0 spiro atoms. The van der Waals surface area contributed by atoms with E-state index in [4.69, 9.17) is 30.0 Å². The Balaban J connectivity index is 1.46. The van der Waals surface area contributed by atoms with Gasteiger partial charge in [0.2, 0.25) is 0 Å². The number of hydrogen-bond acceptors (Lipinski definition) is 17. The van der Waals surface area contributed by atoms with Gasteiger partial charge in [0, 0.05) is 12.4 Å². The molecule has 220 valence electrons. The van der Waals surface area contributed by atoms with Crippen molar-refractivity contribution >= 4 is 27.4 Å². The summed E-state index contributed by atoms with van der Waals surface area (Å²) in [4.78, 5) is 41.6. The maximum atomic E-state index is 12.7.